The molecule has 0 aliphatic rings. The second-order valence-electron chi connectivity index (χ2n) is 3.47. The summed E-state index contributed by atoms with van der Waals surface area (Å²) in [6.45, 7) is 1.44. The van der Waals surface area contributed by atoms with Gasteiger partial charge in [-0.2, -0.15) is 0 Å². The number of nitrogens with one attached hydrogen (secondary N) is 2. The summed E-state index contributed by atoms with van der Waals surface area (Å²) in [4.78, 5) is 43.1. The minimum absolute atomic E-state index is 0.109. The highest BCUT2D eigenvalue weighted by molar-refractivity contribution is 5.82. The van der Waals surface area contributed by atoms with E-state index in [0.717, 1.165) is 7.11 Å². The zero-order chi connectivity index (χ0) is 14.1. The van der Waals surface area contributed by atoms with E-state index in [1.54, 1.807) is 6.29 Å². The van der Waals surface area contributed by atoms with Crippen molar-refractivity contribution in [1.82, 2.24) is 10.6 Å². The van der Waals surface area contributed by atoms with Crippen molar-refractivity contribution in [3.8, 4) is 0 Å². The maximum atomic E-state index is 11.3. The lowest BCUT2D eigenvalue weighted by Gasteiger charge is -2.13. The number of hydrogen-bond acceptors (Lipinski definition) is 5. The molecule has 1 radical (unpaired) electrons. The number of methoxy groups -OCH3 is 1. The Morgan fingerprint density at radius 2 is 1.94 bits per heavy atom. The van der Waals surface area contributed by atoms with Gasteiger partial charge in [0.1, 0.15) is 6.04 Å². The van der Waals surface area contributed by atoms with Crippen LogP contribution in [0.4, 0.5) is 4.79 Å². The van der Waals surface area contributed by atoms with E-state index in [9.17, 15) is 19.2 Å². The van der Waals surface area contributed by atoms with Gasteiger partial charge in [-0.15, -0.1) is 0 Å². The van der Waals surface area contributed by atoms with Crippen molar-refractivity contribution < 1.29 is 29.0 Å². The molecule has 0 aromatic rings. The molecule has 0 fully saturated rings. The van der Waals surface area contributed by atoms with Gasteiger partial charge >= 0.3 is 12.1 Å². The van der Waals surface area contributed by atoms with Gasteiger partial charge < -0.3 is 20.5 Å². The Bertz CT molecular complexity index is 330. The molecule has 0 rings (SSSR count). The highest BCUT2D eigenvalue weighted by atomic mass is 16.5. The summed E-state index contributed by atoms with van der Waals surface area (Å²) in [5.74, 6) is -1.77. The lowest BCUT2D eigenvalue weighted by molar-refractivity contribution is -0.139. The van der Waals surface area contributed by atoms with Crippen LogP contribution < -0.4 is 10.6 Å². The largest absolute Gasteiger partial charge is 0.480 e. The Hall–Kier alpha value is -2.12. The first-order valence-corrected chi connectivity index (χ1v) is 5.15. The molecule has 18 heavy (non-hydrogen) atoms. The molecule has 0 aromatic heterocycles. The van der Waals surface area contributed by atoms with Crippen LogP contribution >= 0.6 is 0 Å². The van der Waals surface area contributed by atoms with Crippen LogP contribution in [0.1, 0.15) is 19.8 Å². The van der Waals surface area contributed by atoms with Crippen molar-refractivity contribution in [2.75, 3.05) is 7.11 Å². The Morgan fingerprint density at radius 3 is 2.39 bits per heavy atom. The number of carbonyl (C=O) groups is 3. The van der Waals surface area contributed by atoms with Gasteiger partial charge in [0.2, 0.25) is 12.2 Å². The molecule has 101 valence electrons. The summed E-state index contributed by atoms with van der Waals surface area (Å²) in [7, 11) is 1.10. The highest BCUT2D eigenvalue weighted by Gasteiger charge is 2.21. The van der Waals surface area contributed by atoms with Crippen molar-refractivity contribution in [2.45, 2.75) is 31.8 Å². The fourth-order valence-electron chi connectivity index (χ4n) is 1.08. The van der Waals surface area contributed by atoms with Crippen LogP contribution in [0.15, 0.2) is 0 Å². The SMILES string of the molecule is COC(=O)N[C@@H](CCC(=O)N[C@@H](C)[C]=O)C(=O)O. The minimum Gasteiger partial charge on any atom is -0.480 e. The number of ether oxygens (including phenoxy) is 1. The normalized spacial score (nSPS) is 13.0. The molecule has 8 nitrogen and oxygen atoms in total. The molecule has 3 N–H and O–H groups in total. The van der Waals surface area contributed by atoms with E-state index in [-0.39, 0.29) is 12.8 Å². The van der Waals surface area contributed by atoms with E-state index in [4.69, 9.17) is 5.11 Å². The van der Waals surface area contributed by atoms with Crippen molar-refractivity contribution in [3.05, 3.63) is 0 Å². The fraction of sp³-hybridized carbons (Fsp3) is 0.600. The molecule has 0 unspecified atom stereocenters. The second-order valence-corrected chi connectivity index (χ2v) is 3.47. The zero-order valence-electron chi connectivity index (χ0n) is 10.1. The number of carboxylic acids is 1. The van der Waals surface area contributed by atoms with Crippen molar-refractivity contribution in [3.63, 3.8) is 0 Å². The zero-order valence-corrected chi connectivity index (χ0v) is 10.1. The van der Waals surface area contributed by atoms with Gasteiger partial charge in [0.25, 0.3) is 0 Å². The summed E-state index contributed by atoms with van der Waals surface area (Å²) in [5.41, 5.74) is 0. The second kappa shape index (κ2) is 8.04. The average Bonchev–Trinajstić information content (AvgIpc) is 2.33. The third-order valence-corrected chi connectivity index (χ3v) is 1.99. The van der Waals surface area contributed by atoms with Gasteiger partial charge in [0.05, 0.1) is 13.2 Å². The van der Waals surface area contributed by atoms with Gasteiger partial charge in [0.15, 0.2) is 0 Å². The topological polar surface area (TPSA) is 122 Å². The predicted molar refractivity (Wildman–Crippen MR) is 59.5 cm³/mol. The van der Waals surface area contributed by atoms with Crippen LogP contribution in [0.3, 0.4) is 0 Å². The fourth-order valence-corrected chi connectivity index (χ4v) is 1.08. The molecule has 0 saturated carbocycles. The van der Waals surface area contributed by atoms with Gasteiger partial charge in [-0.3, -0.25) is 9.59 Å². The number of rotatable bonds is 7. The highest BCUT2D eigenvalue weighted by Crippen LogP contribution is 1.99. The Balaban J connectivity index is 4.19. The summed E-state index contributed by atoms with van der Waals surface area (Å²) >= 11 is 0. The Morgan fingerprint density at radius 1 is 1.33 bits per heavy atom. The summed E-state index contributed by atoms with van der Waals surface area (Å²) in [6.07, 6.45) is 0.413. The van der Waals surface area contributed by atoms with Gasteiger partial charge in [0, 0.05) is 6.42 Å². The molecule has 0 saturated heterocycles. The van der Waals surface area contributed by atoms with E-state index in [1.807, 2.05) is 0 Å². The van der Waals surface area contributed by atoms with Gasteiger partial charge in [-0.05, 0) is 13.3 Å². The third-order valence-electron chi connectivity index (χ3n) is 1.99. The van der Waals surface area contributed by atoms with E-state index >= 15 is 0 Å². The van der Waals surface area contributed by atoms with Gasteiger partial charge in [-0.1, -0.05) is 0 Å². The molecule has 0 aliphatic carbocycles. The molecular formula is C10H15N2O6. The van der Waals surface area contributed by atoms with Crippen molar-refractivity contribution in [2.24, 2.45) is 0 Å². The van der Waals surface area contributed by atoms with Crippen LogP contribution in [0.25, 0.3) is 0 Å². The maximum Gasteiger partial charge on any atom is 0.407 e. The molecule has 8 heteroatoms. The van der Waals surface area contributed by atoms with Crippen molar-refractivity contribution in [1.29, 1.82) is 0 Å². The molecule has 0 aromatic carbocycles. The third kappa shape index (κ3) is 6.46. The molecule has 0 heterocycles. The summed E-state index contributed by atoms with van der Waals surface area (Å²) in [6, 6.07) is -1.98. The van der Waals surface area contributed by atoms with E-state index < -0.39 is 30.1 Å². The van der Waals surface area contributed by atoms with Gasteiger partial charge in [-0.25, -0.2) is 9.59 Å². The van der Waals surface area contributed by atoms with E-state index in [0.29, 0.717) is 0 Å². The monoisotopic (exact) mass is 259 g/mol. The molecule has 0 spiro atoms. The standard InChI is InChI=1S/C10H15N2O6/c1-6(5-13)11-8(14)4-3-7(9(15)16)12-10(17)18-2/h6-7H,3-4H2,1-2H3,(H,11,14)(H,12,17)(H,15,16)/t6-,7-/m0/s1. The maximum absolute atomic E-state index is 11.3. The molecule has 2 atom stereocenters. The molecule has 2 amide bonds. The molecule has 0 aliphatic heterocycles. The van der Waals surface area contributed by atoms with Crippen LogP contribution in [-0.4, -0.2) is 48.6 Å². The average molecular weight is 259 g/mol. The molecule has 0 bridgehead atoms. The smallest absolute Gasteiger partial charge is 0.407 e. The minimum atomic E-state index is -1.27. The van der Waals surface area contributed by atoms with Crippen molar-refractivity contribution >= 4 is 24.3 Å². The van der Waals surface area contributed by atoms with E-state index in [1.165, 1.54) is 6.92 Å². The quantitative estimate of drug-likeness (QED) is 0.549. The Kier molecular flexibility index (Phi) is 7.10. The first-order valence-electron chi connectivity index (χ1n) is 5.15. The Labute approximate surface area is 104 Å². The van der Waals surface area contributed by atoms with E-state index in [2.05, 4.69) is 15.4 Å². The van der Waals surface area contributed by atoms with Crippen LogP contribution in [0.2, 0.25) is 0 Å². The van der Waals surface area contributed by atoms with Crippen LogP contribution in [0, 0.1) is 0 Å². The number of carboxylic acid groups (broad SMARTS) is 1. The van der Waals surface area contributed by atoms with Crippen LogP contribution in [0.5, 0.6) is 0 Å². The summed E-state index contributed by atoms with van der Waals surface area (Å²) < 4.78 is 4.25. The number of carbonyl (C=O) groups excluding carboxylic acids is 3. The lowest BCUT2D eigenvalue weighted by atomic mass is 10.1. The number of alkyl carbamates (subject to hydrolysis) is 1. The molecular weight excluding hydrogens is 244 g/mol. The summed E-state index contributed by atoms with van der Waals surface area (Å²) in [5, 5.41) is 13.2. The first-order chi connectivity index (χ1) is 8.40. The number of aliphatic carboxylic acids is 1. The number of amides is 2. The van der Waals surface area contributed by atoms with Crippen LogP contribution in [-0.2, 0) is 19.1 Å². The predicted octanol–water partition coefficient (Wildman–Crippen LogP) is -0.810. The lowest BCUT2D eigenvalue weighted by Crippen LogP contribution is -2.42. The number of hydrogen-bond donors (Lipinski definition) is 3. The first kappa shape index (κ1) is 15.9.